The number of hydrogen-bond donors (Lipinski definition) is 0. The maximum absolute atomic E-state index is 12.2. The first-order valence-corrected chi connectivity index (χ1v) is 7.74. The highest BCUT2D eigenvalue weighted by Crippen LogP contribution is 2.48. The molecule has 2 aliphatic rings. The van der Waals surface area contributed by atoms with Crippen LogP contribution in [0.3, 0.4) is 0 Å². The molecule has 0 aromatic carbocycles. The zero-order valence-corrected chi connectivity index (χ0v) is 12.1. The van der Waals surface area contributed by atoms with Crippen molar-refractivity contribution in [1.82, 2.24) is 4.57 Å². The average molecular weight is 300 g/mol. The number of pyridine rings is 1. The third kappa shape index (κ3) is 2.09. The van der Waals surface area contributed by atoms with Crippen LogP contribution in [0.25, 0.3) is 0 Å². The Labute approximate surface area is 120 Å². The van der Waals surface area contributed by atoms with E-state index < -0.39 is 6.04 Å². The van der Waals surface area contributed by atoms with Gasteiger partial charge in [0.25, 0.3) is 5.56 Å². The van der Waals surface area contributed by atoms with Crippen LogP contribution < -0.4 is 5.56 Å². The number of nitrogens with zero attached hydrogens (tertiary/aromatic N) is 1. The van der Waals surface area contributed by atoms with Gasteiger partial charge in [0.2, 0.25) is 0 Å². The van der Waals surface area contributed by atoms with Crippen LogP contribution in [0.1, 0.15) is 35.9 Å². The predicted molar refractivity (Wildman–Crippen MR) is 74.0 cm³/mol. The Morgan fingerprint density at radius 2 is 2.32 bits per heavy atom. The monoisotopic (exact) mass is 299 g/mol. The topological polar surface area (TPSA) is 48.3 Å². The molecule has 1 aromatic rings. The molecule has 0 bridgehead atoms. The third-order valence-corrected chi connectivity index (χ3v) is 5.08. The van der Waals surface area contributed by atoms with Crippen molar-refractivity contribution in [3.63, 3.8) is 0 Å². The van der Waals surface area contributed by atoms with Gasteiger partial charge in [-0.1, -0.05) is 0 Å². The molecule has 0 radical (unpaired) electrons. The molecule has 2 heterocycles. The van der Waals surface area contributed by atoms with Gasteiger partial charge < -0.3 is 4.74 Å². The van der Waals surface area contributed by atoms with Crippen LogP contribution in [0.4, 0.5) is 0 Å². The third-order valence-electron chi connectivity index (χ3n) is 3.62. The van der Waals surface area contributed by atoms with Crippen molar-refractivity contribution in [1.29, 1.82) is 0 Å². The number of thioether (sulfide) groups is 1. The molecule has 1 saturated carbocycles. The van der Waals surface area contributed by atoms with E-state index in [1.165, 1.54) is 12.7 Å². The molecule has 0 saturated heterocycles. The molecule has 0 spiro atoms. The Bertz CT molecular complexity index is 594. The summed E-state index contributed by atoms with van der Waals surface area (Å²) in [5.74, 6) is 1.05. The molecule has 1 aromatic heterocycles. The molecule has 3 rings (SSSR count). The molecule has 6 heteroatoms. The lowest BCUT2D eigenvalue weighted by Crippen LogP contribution is -2.30. The van der Waals surface area contributed by atoms with E-state index in [1.54, 1.807) is 22.4 Å². The first-order valence-electron chi connectivity index (χ1n) is 6.22. The molecular weight excluding hydrogens is 286 g/mol. The second-order valence-corrected chi connectivity index (χ2v) is 6.13. The van der Waals surface area contributed by atoms with E-state index in [4.69, 9.17) is 16.3 Å². The summed E-state index contributed by atoms with van der Waals surface area (Å²) in [4.78, 5) is 24.0. The van der Waals surface area contributed by atoms with Crippen molar-refractivity contribution in [2.75, 3.05) is 12.9 Å². The van der Waals surface area contributed by atoms with Gasteiger partial charge in [-0.15, -0.1) is 23.4 Å². The Kier molecular flexibility index (Phi) is 3.35. The van der Waals surface area contributed by atoms with E-state index in [0.717, 1.165) is 23.4 Å². The Balaban J connectivity index is 2.16. The van der Waals surface area contributed by atoms with E-state index in [1.807, 2.05) is 0 Å². The summed E-state index contributed by atoms with van der Waals surface area (Å²) in [7, 11) is 1.35. The molecule has 1 aliphatic carbocycles. The number of methoxy groups -OCH3 is 1. The molecule has 1 aliphatic heterocycles. The zero-order valence-electron chi connectivity index (χ0n) is 10.5. The van der Waals surface area contributed by atoms with Gasteiger partial charge in [0.15, 0.2) is 0 Å². The molecule has 0 N–H and O–H groups in total. The number of ether oxygens (including phenoxy) is 1. The molecule has 19 heavy (non-hydrogen) atoms. The fourth-order valence-corrected chi connectivity index (χ4v) is 4.20. The second kappa shape index (κ2) is 4.87. The molecule has 4 nitrogen and oxygen atoms in total. The minimum absolute atomic E-state index is 0.157. The van der Waals surface area contributed by atoms with Crippen molar-refractivity contribution in [2.24, 2.45) is 0 Å². The smallest absolute Gasteiger partial charge is 0.329 e. The van der Waals surface area contributed by atoms with Crippen molar-refractivity contribution in [3.05, 3.63) is 27.5 Å². The second-order valence-electron chi connectivity index (χ2n) is 4.85. The van der Waals surface area contributed by atoms with E-state index >= 15 is 0 Å². The van der Waals surface area contributed by atoms with Crippen molar-refractivity contribution >= 4 is 29.3 Å². The highest BCUT2D eigenvalue weighted by Gasteiger charge is 2.37. The SMILES string of the molecule is COC(=O)[C@@H]1CSc2c(C3CC3)c(CCl)cc(=O)n21. The quantitative estimate of drug-likeness (QED) is 0.635. The molecule has 1 atom stereocenters. The lowest BCUT2D eigenvalue weighted by atomic mass is 10.1. The van der Waals surface area contributed by atoms with Crippen molar-refractivity contribution in [3.8, 4) is 0 Å². The van der Waals surface area contributed by atoms with E-state index in [2.05, 4.69) is 0 Å². The van der Waals surface area contributed by atoms with Gasteiger partial charge in [-0.2, -0.15) is 0 Å². The van der Waals surface area contributed by atoms with Gasteiger partial charge in [-0.3, -0.25) is 9.36 Å². The number of carbonyl (C=O) groups is 1. The van der Waals surface area contributed by atoms with E-state index in [-0.39, 0.29) is 11.5 Å². The van der Waals surface area contributed by atoms with Crippen LogP contribution in [0.5, 0.6) is 0 Å². The maximum Gasteiger partial charge on any atom is 0.329 e. The van der Waals surface area contributed by atoms with Crippen LogP contribution in [0.2, 0.25) is 0 Å². The summed E-state index contributed by atoms with van der Waals surface area (Å²) in [5, 5.41) is 0.918. The van der Waals surface area contributed by atoms with E-state index in [9.17, 15) is 9.59 Å². The van der Waals surface area contributed by atoms with Gasteiger partial charge in [-0.25, -0.2) is 4.79 Å². The summed E-state index contributed by atoms with van der Waals surface area (Å²) < 4.78 is 6.36. The summed E-state index contributed by atoms with van der Waals surface area (Å²) in [5.41, 5.74) is 1.93. The highest BCUT2D eigenvalue weighted by atomic mass is 35.5. The summed E-state index contributed by atoms with van der Waals surface area (Å²) in [6.07, 6.45) is 2.27. The van der Waals surface area contributed by atoms with Crippen LogP contribution in [-0.4, -0.2) is 23.4 Å². The summed E-state index contributed by atoms with van der Waals surface area (Å²) in [6.45, 7) is 0. The Morgan fingerprint density at radius 1 is 1.58 bits per heavy atom. The summed E-state index contributed by atoms with van der Waals surface area (Å²) >= 11 is 7.52. The van der Waals surface area contributed by atoms with Gasteiger partial charge in [0, 0.05) is 17.7 Å². The van der Waals surface area contributed by atoms with Crippen LogP contribution in [0.15, 0.2) is 15.9 Å². The fourth-order valence-electron chi connectivity index (χ4n) is 2.57. The van der Waals surface area contributed by atoms with Crippen molar-refractivity contribution in [2.45, 2.75) is 35.7 Å². The zero-order chi connectivity index (χ0) is 13.6. The Hall–Kier alpha value is -0.940. The molecule has 102 valence electrons. The number of rotatable bonds is 3. The largest absolute Gasteiger partial charge is 0.467 e. The molecule has 0 amide bonds. The number of esters is 1. The van der Waals surface area contributed by atoms with Gasteiger partial charge in [-0.05, 0) is 29.9 Å². The highest BCUT2D eigenvalue weighted by molar-refractivity contribution is 7.99. The molecule has 1 fully saturated rings. The van der Waals surface area contributed by atoms with Crippen LogP contribution in [0, 0.1) is 0 Å². The number of hydrogen-bond acceptors (Lipinski definition) is 4. The number of fused-ring (bicyclic) bond motifs is 1. The number of alkyl halides is 1. The number of carbonyl (C=O) groups excluding carboxylic acids is 1. The lowest BCUT2D eigenvalue weighted by Gasteiger charge is -2.15. The first kappa shape index (κ1) is 13.1. The normalized spacial score (nSPS) is 21.3. The van der Waals surface area contributed by atoms with Crippen LogP contribution in [-0.2, 0) is 15.4 Å². The van der Waals surface area contributed by atoms with Crippen LogP contribution >= 0.6 is 23.4 Å². The van der Waals surface area contributed by atoms with Gasteiger partial charge >= 0.3 is 5.97 Å². The Morgan fingerprint density at radius 3 is 2.89 bits per heavy atom. The molecular formula is C13H14ClNO3S. The van der Waals surface area contributed by atoms with Gasteiger partial charge in [0.05, 0.1) is 12.1 Å². The maximum atomic E-state index is 12.2. The number of halogens is 1. The lowest BCUT2D eigenvalue weighted by molar-refractivity contribution is -0.143. The first-order chi connectivity index (χ1) is 9.17. The fraction of sp³-hybridized carbons (Fsp3) is 0.538. The minimum Gasteiger partial charge on any atom is -0.467 e. The predicted octanol–water partition coefficient (Wildman–Crippen LogP) is 2.28. The number of aromatic nitrogens is 1. The minimum atomic E-state index is -0.501. The van der Waals surface area contributed by atoms with Gasteiger partial charge in [0.1, 0.15) is 6.04 Å². The van der Waals surface area contributed by atoms with Crippen molar-refractivity contribution < 1.29 is 9.53 Å². The standard InChI is InChI=1S/C13H14ClNO3S/c1-18-13(17)9-6-19-12-11(7-2-3-7)8(5-14)4-10(16)15(9)12/h4,7,9H,2-3,5-6H2,1H3/t9-/m0/s1. The van der Waals surface area contributed by atoms with E-state index in [0.29, 0.717) is 17.6 Å². The molecule has 0 unspecified atom stereocenters. The summed E-state index contributed by atoms with van der Waals surface area (Å²) in [6, 6.07) is 1.07. The average Bonchev–Trinajstić information content (AvgIpc) is 3.15.